The molecule has 2 aliphatic heterocycles. The number of ether oxygens (including phenoxy) is 3. The molecule has 49 heavy (non-hydrogen) atoms. The Morgan fingerprint density at radius 1 is 0.857 bits per heavy atom. The van der Waals surface area contributed by atoms with Crippen molar-refractivity contribution < 1.29 is 38.8 Å². The Kier molecular flexibility index (Phi) is 9.77. The fourth-order valence-corrected chi connectivity index (χ4v) is 7.31. The number of nitrogens with one attached hydrogen (secondary N) is 2. The first-order valence-corrected chi connectivity index (χ1v) is 16.6. The minimum atomic E-state index is -1.77. The summed E-state index contributed by atoms with van der Waals surface area (Å²) in [7, 11) is 3.90. The molecule has 0 fully saturated rings. The second-order valence-electron chi connectivity index (χ2n) is 13.1. The van der Waals surface area contributed by atoms with E-state index in [0.29, 0.717) is 46.4 Å². The predicted octanol–water partition coefficient (Wildman–Crippen LogP) is 5.34. The third kappa shape index (κ3) is 5.90. The van der Waals surface area contributed by atoms with Gasteiger partial charge in [-0.3, -0.25) is 19.6 Å². The first-order valence-electron chi connectivity index (χ1n) is 16.6. The van der Waals surface area contributed by atoms with E-state index in [4.69, 9.17) is 24.2 Å². The van der Waals surface area contributed by atoms with Crippen molar-refractivity contribution in [3.63, 3.8) is 0 Å². The number of aryl methyl sites for hydroxylation is 3. The molecule has 262 valence electrons. The number of carbonyl (C=O) groups excluding carboxylic acids is 3. The predicted molar refractivity (Wildman–Crippen MR) is 183 cm³/mol. The largest absolute Gasteiger partial charge is 0.469 e. The summed E-state index contributed by atoms with van der Waals surface area (Å²) in [5.74, 6) is -2.10. The molecule has 4 atom stereocenters. The van der Waals surface area contributed by atoms with Crippen LogP contribution in [0.5, 0.6) is 0 Å². The highest BCUT2D eigenvalue weighted by molar-refractivity contribution is 6.03. The van der Waals surface area contributed by atoms with Gasteiger partial charge in [-0.05, 0) is 74.9 Å². The molecule has 0 saturated heterocycles. The maximum atomic E-state index is 13.5. The van der Waals surface area contributed by atoms with Crippen molar-refractivity contribution in [1.29, 1.82) is 0 Å². The van der Waals surface area contributed by atoms with Crippen molar-refractivity contribution >= 4 is 40.0 Å². The monoisotopic (exact) mass is 674 g/mol. The number of rotatable bonds is 8. The van der Waals surface area contributed by atoms with E-state index >= 15 is 0 Å². The third-order valence-electron chi connectivity index (χ3n) is 10.5. The van der Waals surface area contributed by atoms with Gasteiger partial charge in [0.1, 0.15) is 11.2 Å². The van der Waals surface area contributed by atoms with Crippen LogP contribution in [0.25, 0.3) is 22.1 Å². The van der Waals surface area contributed by atoms with Gasteiger partial charge in [0.2, 0.25) is 0 Å². The van der Waals surface area contributed by atoms with Crippen LogP contribution in [0.15, 0.2) is 18.2 Å². The van der Waals surface area contributed by atoms with E-state index in [1.807, 2.05) is 26.8 Å². The second-order valence-corrected chi connectivity index (χ2v) is 13.1. The zero-order valence-electron chi connectivity index (χ0n) is 29.7. The minimum Gasteiger partial charge on any atom is -0.469 e. The fraction of sp³-hybridized carbons (Fsp3) is 0.486. The molecule has 12 nitrogen and oxygen atoms in total. The van der Waals surface area contributed by atoms with E-state index in [1.54, 1.807) is 32.9 Å². The lowest BCUT2D eigenvalue weighted by atomic mass is 9.80. The molecular weight excluding hydrogens is 628 g/mol. The first-order chi connectivity index (χ1) is 23.2. The molecule has 2 aliphatic rings. The molecule has 0 saturated carbocycles. The van der Waals surface area contributed by atoms with Crippen LogP contribution < -0.4 is 0 Å². The Labute approximate surface area is 285 Å². The van der Waals surface area contributed by atoms with Crippen LogP contribution in [-0.4, -0.2) is 69.4 Å². The van der Waals surface area contributed by atoms with Crippen molar-refractivity contribution in [3.05, 3.63) is 68.8 Å². The lowest BCUT2D eigenvalue weighted by molar-refractivity contribution is -0.148. The van der Waals surface area contributed by atoms with Crippen molar-refractivity contribution in [1.82, 2.24) is 19.9 Å². The van der Waals surface area contributed by atoms with E-state index in [0.717, 1.165) is 22.2 Å². The smallest absolute Gasteiger partial charge is 0.340 e. The Morgan fingerprint density at radius 2 is 1.51 bits per heavy atom. The Morgan fingerprint density at radius 3 is 2.12 bits per heavy atom. The van der Waals surface area contributed by atoms with Crippen LogP contribution in [0.3, 0.4) is 0 Å². The normalized spacial score (nSPS) is 21.8. The summed E-state index contributed by atoms with van der Waals surface area (Å²) < 4.78 is 15.3. The van der Waals surface area contributed by atoms with Gasteiger partial charge in [-0.1, -0.05) is 20.8 Å². The summed E-state index contributed by atoms with van der Waals surface area (Å²) in [5.41, 5.74) is 3.56. The van der Waals surface area contributed by atoms with Gasteiger partial charge >= 0.3 is 17.9 Å². The van der Waals surface area contributed by atoms with E-state index in [-0.39, 0.29) is 54.0 Å². The number of hydrogen-bond donors (Lipinski definition) is 4. The topological polar surface area (TPSA) is 177 Å². The maximum Gasteiger partial charge on any atom is 0.340 e. The minimum absolute atomic E-state index is 0.116. The van der Waals surface area contributed by atoms with Gasteiger partial charge in [-0.2, -0.15) is 0 Å². The SMILES string of the molecule is CCc1c(C)c2cc3nc(c(CC(=O)OC)c4[nH]c(cc5nc(cc1[nH]2)C(C)(O)C5(O)CC)c(C)c4C(=O)OC)[C@@H](CCC(=O)OC)[C@@H]3C. The fourth-order valence-electron chi connectivity index (χ4n) is 7.31. The summed E-state index contributed by atoms with van der Waals surface area (Å²) in [6.45, 7) is 11.1. The van der Waals surface area contributed by atoms with E-state index in [1.165, 1.54) is 21.3 Å². The van der Waals surface area contributed by atoms with E-state index in [2.05, 4.69) is 9.97 Å². The van der Waals surface area contributed by atoms with Crippen LogP contribution >= 0.6 is 0 Å². The second kappa shape index (κ2) is 13.4. The summed E-state index contributed by atoms with van der Waals surface area (Å²) in [6, 6.07) is 5.37. The molecule has 5 rings (SSSR count). The summed E-state index contributed by atoms with van der Waals surface area (Å²) in [6.07, 6.45) is 1.08. The van der Waals surface area contributed by atoms with Gasteiger partial charge in [-0.25, -0.2) is 4.79 Å². The highest BCUT2D eigenvalue weighted by Crippen LogP contribution is 2.47. The lowest BCUT2D eigenvalue weighted by Gasteiger charge is -2.34. The van der Waals surface area contributed by atoms with Crippen LogP contribution in [-0.2, 0) is 47.8 Å². The quantitative estimate of drug-likeness (QED) is 0.180. The van der Waals surface area contributed by atoms with Gasteiger partial charge in [0.25, 0.3) is 0 Å². The molecule has 3 aromatic heterocycles. The Balaban J connectivity index is 2.05. The number of carbonyl (C=O) groups is 3. The van der Waals surface area contributed by atoms with Crippen molar-refractivity contribution in [2.24, 2.45) is 0 Å². The molecule has 8 bridgehead atoms. The molecule has 5 heterocycles. The van der Waals surface area contributed by atoms with E-state index < -0.39 is 23.1 Å². The van der Waals surface area contributed by atoms with Gasteiger partial charge < -0.3 is 34.4 Å². The number of aromatic nitrogens is 4. The van der Waals surface area contributed by atoms with Crippen molar-refractivity contribution in [2.45, 2.75) is 96.7 Å². The number of esters is 3. The lowest BCUT2D eigenvalue weighted by Crippen LogP contribution is -2.43. The van der Waals surface area contributed by atoms with Crippen LogP contribution in [0.2, 0.25) is 0 Å². The molecule has 0 amide bonds. The Bertz CT molecular complexity index is 1990. The molecule has 0 spiro atoms. The highest BCUT2D eigenvalue weighted by atomic mass is 16.5. The zero-order valence-corrected chi connectivity index (χ0v) is 29.7. The molecule has 2 unspecified atom stereocenters. The third-order valence-corrected chi connectivity index (χ3v) is 10.5. The molecule has 0 radical (unpaired) electrons. The number of aliphatic hydroxyl groups is 2. The summed E-state index contributed by atoms with van der Waals surface area (Å²) >= 11 is 0. The number of nitrogens with zero attached hydrogens (tertiary/aromatic N) is 2. The van der Waals surface area contributed by atoms with Crippen LogP contribution in [0, 0.1) is 13.8 Å². The maximum absolute atomic E-state index is 13.5. The number of fused-ring (bicyclic) bond motifs is 8. The molecular formula is C37H46N4O8. The average molecular weight is 675 g/mol. The van der Waals surface area contributed by atoms with E-state index in [9.17, 15) is 24.6 Å². The molecule has 4 N–H and O–H groups in total. The number of hydrogen-bond acceptors (Lipinski definition) is 10. The van der Waals surface area contributed by atoms with Gasteiger partial charge in [0, 0.05) is 46.1 Å². The average Bonchev–Trinajstić information content (AvgIpc) is 3.73. The number of aromatic amines is 2. The Hall–Kier alpha value is -4.55. The first kappa shape index (κ1) is 35.7. The van der Waals surface area contributed by atoms with Gasteiger partial charge in [-0.15, -0.1) is 0 Å². The number of methoxy groups -OCH3 is 3. The van der Waals surface area contributed by atoms with Crippen LogP contribution in [0.4, 0.5) is 0 Å². The zero-order chi connectivity index (χ0) is 36.0. The summed E-state index contributed by atoms with van der Waals surface area (Å²) in [5, 5.41) is 23.9. The number of H-pyrrole nitrogens is 2. The molecule has 0 aromatic carbocycles. The van der Waals surface area contributed by atoms with Crippen molar-refractivity contribution in [3.8, 4) is 0 Å². The van der Waals surface area contributed by atoms with Crippen molar-refractivity contribution in [2.75, 3.05) is 21.3 Å². The molecule has 3 aromatic rings. The molecule has 12 heteroatoms. The molecule has 0 aliphatic carbocycles. The van der Waals surface area contributed by atoms with Gasteiger partial charge in [0.15, 0.2) is 0 Å². The summed E-state index contributed by atoms with van der Waals surface area (Å²) in [4.78, 5) is 55.7. The highest BCUT2D eigenvalue weighted by Gasteiger charge is 2.53. The standard InChI is InChI=1S/C37H46N4O8/c1-10-21-18(3)24-15-25-19(4)22(12-13-30(42)47-7)33(39-25)23(14-31(43)48-8)34-32(35(44)49-9)20(5)26(40-34)16-29-37(46,11-2)36(6,45)28(41-29)17-27(21)38-24/h15-17,19,22,38,40,45-46H,10-14H2,1-9H3/t19-,22-,36?,37?/m0/s1. The van der Waals surface area contributed by atoms with Crippen LogP contribution in [0.1, 0.15) is 114 Å². The van der Waals surface area contributed by atoms with Gasteiger partial charge in [0.05, 0.1) is 55.9 Å².